The van der Waals surface area contributed by atoms with Gasteiger partial charge < -0.3 is 15.1 Å². The first-order valence-corrected chi connectivity index (χ1v) is 11.0. The fourth-order valence-corrected chi connectivity index (χ4v) is 3.49. The number of carbonyl (C=O) groups is 1. The topological polar surface area (TPSA) is 51.2 Å². The van der Waals surface area contributed by atoms with E-state index in [0.717, 1.165) is 71.2 Å². The number of nitrogens with zero attached hydrogens (tertiary/aromatic N) is 4. The molecular weight excluding hydrogens is 461 g/mol. The molecule has 2 fully saturated rings. The first-order chi connectivity index (χ1) is 12.1. The van der Waals surface area contributed by atoms with Gasteiger partial charge in [-0.15, -0.1) is 24.0 Å². The lowest BCUT2D eigenvalue weighted by Gasteiger charge is -2.37. The minimum absolute atomic E-state index is 0. The van der Waals surface area contributed by atoms with Gasteiger partial charge in [0.25, 0.3) is 0 Å². The fourth-order valence-electron chi connectivity index (χ4n) is 3.27. The van der Waals surface area contributed by atoms with Gasteiger partial charge in [-0.25, -0.2) is 0 Å². The van der Waals surface area contributed by atoms with Crippen LogP contribution in [0.3, 0.4) is 0 Å². The van der Waals surface area contributed by atoms with E-state index in [-0.39, 0.29) is 24.0 Å². The number of piperazine rings is 1. The van der Waals surface area contributed by atoms with Gasteiger partial charge in [0.1, 0.15) is 0 Å². The van der Waals surface area contributed by atoms with Gasteiger partial charge in [0, 0.05) is 51.1 Å². The summed E-state index contributed by atoms with van der Waals surface area (Å²) in [6.45, 7) is 12.3. The van der Waals surface area contributed by atoms with Crippen molar-refractivity contribution < 1.29 is 4.79 Å². The molecule has 2 rings (SSSR count). The molecule has 0 spiro atoms. The van der Waals surface area contributed by atoms with Crippen molar-refractivity contribution in [2.45, 2.75) is 38.4 Å². The average Bonchev–Trinajstić information content (AvgIpc) is 2.66. The average molecular weight is 497 g/mol. The van der Waals surface area contributed by atoms with Crippen molar-refractivity contribution in [2.24, 2.45) is 4.99 Å². The van der Waals surface area contributed by atoms with E-state index in [2.05, 4.69) is 35.2 Å². The number of carbonyl (C=O) groups excluding carboxylic acids is 1. The molecule has 1 atom stereocenters. The number of guanidine groups is 1. The Morgan fingerprint density at radius 2 is 1.73 bits per heavy atom. The summed E-state index contributed by atoms with van der Waals surface area (Å²) in [4.78, 5) is 23.9. The fraction of sp³-hybridized carbons (Fsp3) is 0.889. The van der Waals surface area contributed by atoms with E-state index < -0.39 is 0 Å². The molecule has 1 amide bonds. The van der Waals surface area contributed by atoms with Gasteiger partial charge >= 0.3 is 0 Å². The summed E-state index contributed by atoms with van der Waals surface area (Å²) < 4.78 is 0. The lowest BCUT2D eigenvalue weighted by atomic mass is 10.1. The quantitative estimate of drug-likeness (QED) is 0.346. The van der Waals surface area contributed by atoms with Crippen LogP contribution < -0.4 is 5.32 Å². The number of nitrogens with one attached hydrogen (secondary N) is 1. The van der Waals surface area contributed by atoms with Crippen LogP contribution in [0.25, 0.3) is 0 Å². The third-order valence-corrected chi connectivity index (χ3v) is 5.93. The normalized spacial score (nSPS) is 20.5. The minimum atomic E-state index is 0. The monoisotopic (exact) mass is 497 g/mol. The van der Waals surface area contributed by atoms with Crippen molar-refractivity contribution in [1.29, 1.82) is 0 Å². The van der Waals surface area contributed by atoms with Gasteiger partial charge in [-0.1, -0.05) is 6.92 Å². The molecule has 0 aromatic heterocycles. The molecule has 8 heteroatoms. The van der Waals surface area contributed by atoms with Gasteiger partial charge in [-0.2, -0.15) is 11.8 Å². The zero-order valence-corrected chi connectivity index (χ0v) is 19.7. The molecule has 0 saturated carbocycles. The second kappa shape index (κ2) is 13.0. The van der Waals surface area contributed by atoms with Crippen molar-refractivity contribution in [3.05, 3.63) is 0 Å². The Bertz CT molecular complexity index is 437. The largest absolute Gasteiger partial charge is 0.357 e. The Balaban J connectivity index is 0.00000338. The summed E-state index contributed by atoms with van der Waals surface area (Å²) in [6, 6.07) is 0. The van der Waals surface area contributed by atoms with Crippen molar-refractivity contribution in [3.63, 3.8) is 0 Å². The van der Waals surface area contributed by atoms with E-state index in [1.54, 1.807) is 0 Å². The molecule has 26 heavy (non-hydrogen) atoms. The number of likely N-dealkylation sites (tertiary alicyclic amines) is 1. The highest BCUT2D eigenvalue weighted by atomic mass is 127. The maximum absolute atomic E-state index is 12.4. The van der Waals surface area contributed by atoms with Crippen molar-refractivity contribution >= 4 is 47.6 Å². The number of thioether (sulfide) groups is 1. The van der Waals surface area contributed by atoms with E-state index in [1.165, 1.54) is 6.42 Å². The highest BCUT2D eigenvalue weighted by molar-refractivity contribution is 14.0. The second-order valence-electron chi connectivity index (χ2n) is 6.95. The molecule has 2 aliphatic rings. The standard InChI is InChI=1S/C18H35N5OS.HI/c1-4-19-18(20-14-16(2)25-3)23-12-10-21(11-13-23)15-17(24)22-8-6-5-7-9-22;/h16H,4-15H2,1-3H3,(H,19,20);1H. The molecule has 0 bridgehead atoms. The Morgan fingerprint density at radius 3 is 2.31 bits per heavy atom. The zero-order valence-electron chi connectivity index (χ0n) is 16.6. The molecule has 1 N–H and O–H groups in total. The maximum atomic E-state index is 12.4. The van der Waals surface area contributed by atoms with Crippen LogP contribution in [0.15, 0.2) is 4.99 Å². The molecule has 2 heterocycles. The molecule has 0 radical (unpaired) electrons. The lowest BCUT2D eigenvalue weighted by Crippen LogP contribution is -2.54. The Kier molecular flexibility index (Phi) is 11.9. The lowest BCUT2D eigenvalue weighted by molar-refractivity contribution is -0.133. The molecule has 1 unspecified atom stereocenters. The molecule has 152 valence electrons. The molecule has 0 aromatic rings. The van der Waals surface area contributed by atoms with Crippen LogP contribution in [-0.2, 0) is 4.79 Å². The van der Waals surface area contributed by atoms with Gasteiger partial charge in [-0.3, -0.25) is 14.7 Å². The number of halogens is 1. The maximum Gasteiger partial charge on any atom is 0.236 e. The van der Waals surface area contributed by atoms with E-state index in [4.69, 9.17) is 4.99 Å². The zero-order chi connectivity index (χ0) is 18.1. The number of hydrogen-bond acceptors (Lipinski definition) is 4. The van der Waals surface area contributed by atoms with Crippen LogP contribution in [0.1, 0.15) is 33.1 Å². The SMILES string of the molecule is CCNC(=NCC(C)SC)N1CCN(CC(=O)N2CCCCC2)CC1.I. The minimum Gasteiger partial charge on any atom is -0.357 e. The number of hydrogen-bond donors (Lipinski definition) is 1. The molecule has 2 aliphatic heterocycles. The third kappa shape index (κ3) is 7.80. The van der Waals surface area contributed by atoms with Crippen molar-refractivity contribution in [3.8, 4) is 0 Å². The number of amides is 1. The van der Waals surface area contributed by atoms with Gasteiger partial charge in [0.2, 0.25) is 5.91 Å². The van der Waals surface area contributed by atoms with Crippen molar-refractivity contribution in [2.75, 3.05) is 65.2 Å². The highest BCUT2D eigenvalue weighted by Gasteiger charge is 2.24. The molecule has 2 saturated heterocycles. The molecular formula is C18H36IN5OS. The van der Waals surface area contributed by atoms with E-state index in [1.807, 2.05) is 16.7 Å². The summed E-state index contributed by atoms with van der Waals surface area (Å²) in [5.41, 5.74) is 0. The number of rotatable bonds is 6. The Hall–Kier alpha value is -0.220. The summed E-state index contributed by atoms with van der Waals surface area (Å²) in [5.74, 6) is 1.33. The van der Waals surface area contributed by atoms with Crippen LogP contribution in [-0.4, -0.2) is 97.0 Å². The predicted molar refractivity (Wildman–Crippen MR) is 123 cm³/mol. The van der Waals surface area contributed by atoms with Crippen LogP contribution in [0.4, 0.5) is 0 Å². The third-order valence-electron chi connectivity index (χ3n) is 4.97. The molecule has 6 nitrogen and oxygen atoms in total. The van der Waals surface area contributed by atoms with Crippen LogP contribution in [0.5, 0.6) is 0 Å². The van der Waals surface area contributed by atoms with Crippen LogP contribution in [0, 0.1) is 0 Å². The van der Waals surface area contributed by atoms with Gasteiger partial charge in [0.15, 0.2) is 5.96 Å². The summed E-state index contributed by atoms with van der Waals surface area (Å²) in [7, 11) is 0. The number of piperidine rings is 1. The first kappa shape index (κ1) is 23.8. The predicted octanol–water partition coefficient (Wildman–Crippen LogP) is 1.95. The van der Waals surface area contributed by atoms with Crippen LogP contribution >= 0.6 is 35.7 Å². The van der Waals surface area contributed by atoms with Gasteiger partial charge in [0.05, 0.1) is 13.1 Å². The Labute approximate surface area is 180 Å². The van der Waals surface area contributed by atoms with Crippen molar-refractivity contribution in [1.82, 2.24) is 20.0 Å². The van der Waals surface area contributed by atoms with Crippen LogP contribution in [0.2, 0.25) is 0 Å². The van der Waals surface area contributed by atoms with E-state index >= 15 is 0 Å². The van der Waals surface area contributed by atoms with E-state index in [9.17, 15) is 4.79 Å². The summed E-state index contributed by atoms with van der Waals surface area (Å²) >= 11 is 1.85. The van der Waals surface area contributed by atoms with E-state index in [0.29, 0.717) is 17.7 Å². The smallest absolute Gasteiger partial charge is 0.236 e. The summed E-state index contributed by atoms with van der Waals surface area (Å²) in [6.07, 6.45) is 5.72. The van der Waals surface area contributed by atoms with Gasteiger partial charge in [-0.05, 0) is 32.4 Å². The first-order valence-electron chi connectivity index (χ1n) is 9.70. The summed E-state index contributed by atoms with van der Waals surface area (Å²) in [5, 5.41) is 3.95. The highest BCUT2D eigenvalue weighted by Crippen LogP contribution is 2.11. The number of aliphatic imine (C=N–C) groups is 1. The molecule has 0 aromatic carbocycles. The second-order valence-corrected chi connectivity index (χ2v) is 8.22. The molecule has 0 aliphatic carbocycles. The Morgan fingerprint density at radius 1 is 1.08 bits per heavy atom.